The van der Waals surface area contributed by atoms with E-state index < -0.39 is 5.41 Å². The van der Waals surface area contributed by atoms with Crippen molar-refractivity contribution in [3.8, 4) is 56.5 Å². The van der Waals surface area contributed by atoms with Gasteiger partial charge in [0.05, 0.1) is 11.1 Å². The Morgan fingerprint density at radius 2 is 0.900 bits per heavy atom. The van der Waals surface area contributed by atoms with Crippen molar-refractivity contribution in [2.24, 2.45) is 0 Å². The molecule has 0 fully saturated rings. The molecule has 234 valence electrons. The van der Waals surface area contributed by atoms with Crippen LogP contribution in [-0.4, -0.2) is 19.9 Å². The number of aromatic nitrogens is 4. The van der Waals surface area contributed by atoms with Crippen molar-refractivity contribution in [3.63, 3.8) is 0 Å². The van der Waals surface area contributed by atoms with E-state index in [1.807, 2.05) is 84.7 Å². The van der Waals surface area contributed by atoms with Gasteiger partial charge in [0.1, 0.15) is 0 Å². The van der Waals surface area contributed by atoms with Crippen LogP contribution in [0, 0.1) is 0 Å². The molecule has 0 saturated carbocycles. The predicted molar refractivity (Wildman–Crippen MR) is 201 cm³/mol. The second-order valence-corrected chi connectivity index (χ2v) is 13.7. The van der Waals surface area contributed by atoms with Gasteiger partial charge in [0.2, 0.25) is 0 Å². The maximum Gasteiger partial charge on any atom is 0.166 e. The van der Waals surface area contributed by atoms with Crippen molar-refractivity contribution in [2.75, 3.05) is 0 Å². The standard InChI is InChI=1S/C45H28N4S/c1-3-14-29(15-4-1)42-47-43(30-16-5-2-6-17-30)49-44(48-42)34-20-13-27-46-41(34)31-25-26-38-40(28-31)50-39-24-12-11-23-37(39)45(38)35-21-9-7-18-32(35)33-19-8-10-22-36(33)45/h1-28H. The Labute approximate surface area is 294 Å². The Kier molecular flexibility index (Phi) is 6.61. The average molecular weight is 657 g/mol. The van der Waals surface area contributed by atoms with E-state index >= 15 is 0 Å². The van der Waals surface area contributed by atoms with Gasteiger partial charge in [-0.1, -0.05) is 151 Å². The largest absolute Gasteiger partial charge is 0.255 e. The molecule has 1 aliphatic carbocycles. The van der Waals surface area contributed by atoms with Crippen molar-refractivity contribution in [1.82, 2.24) is 19.9 Å². The van der Waals surface area contributed by atoms with Gasteiger partial charge in [-0.3, -0.25) is 4.98 Å². The maximum atomic E-state index is 5.04. The normalized spacial score (nSPS) is 13.3. The molecule has 1 spiro atoms. The molecular formula is C45H28N4S. The number of hydrogen-bond donors (Lipinski definition) is 0. The number of benzene rings is 6. The van der Waals surface area contributed by atoms with Crippen molar-refractivity contribution in [3.05, 3.63) is 192 Å². The highest BCUT2D eigenvalue weighted by Crippen LogP contribution is 2.62. The number of pyridine rings is 1. The number of rotatable bonds is 4. The third-order valence-corrected chi connectivity index (χ3v) is 11.0. The van der Waals surface area contributed by atoms with Crippen LogP contribution < -0.4 is 0 Å². The van der Waals surface area contributed by atoms with Crippen LogP contribution in [0.25, 0.3) is 56.5 Å². The Morgan fingerprint density at radius 1 is 0.380 bits per heavy atom. The smallest absolute Gasteiger partial charge is 0.166 e. The highest BCUT2D eigenvalue weighted by Gasteiger charge is 2.50. The van der Waals surface area contributed by atoms with E-state index in [-0.39, 0.29) is 0 Å². The van der Waals surface area contributed by atoms with E-state index in [1.54, 1.807) is 0 Å². The fraction of sp³-hybridized carbons (Fsp3) is 0.0222. The molecule has 2 aromatic heterocycles. The zero-order valence-corrected chi connectivity index (χ0v) is 27.7. The zero-order valence-electron chi connectivity index (χ0n) is 26.9. The molecule has 0 amide bonds. The van der Waals surface area contributed by atoms with E-state index in [0.717, 1.165) is 27.9 Å². The maximum absolute atomic E-state index is 5.04. The van der Waals surface area contributed by atoms with Crippen molar-refractivity contribution < 1.29 is 0 Å². The van der Waals surface area contributed by atoms with Gasteiger partial charge in [0, 0.05) is 38.2 Å². The zero-order chi connectivity index (χ0) is 33.1. The first-order valence-electron chi connectivity index (χ1n) is 16.7. The van der Waals surface area contributed by atoms with Crippen LogP contribution in [0.4, 0.5) is 0 Å². The lowest BCUT2D eigenvalue weighted by Gasteiger charge is -2.39. The highest BCUT2D eigenvalue weighted by molar-refractivity contribution is 7.99. The Morgan fingerprint density at radius 3 is 1.56 bits per heavy atom. The van der Waals surface area contributed by atoms with Crippen LogP contribution in [0.2, 0.25) is 0 Å². The molecule has 0 bridgehead atoms. The summed E-state index contributed by atoms with van der Waals surface area (Å²) in [6.07, 6.45) is 1.85. The molecule has 6 aromatic carbocycles. The van der Waals surface area contributed by atoms with E-state index in [1.165, 1.54) is 43.2 Å². The molecule has 0 unspecified atom stereocenters. The lowest BCUT2D eigenvalue weighted by Crippen LogP contribution is -2.31. The Balaban J connectivity index is 1.18. The Hall–Kier alpha value is -6.17. The summed E-state index contributed by atoms with van der Waals surface area (Å²) in [4.78, 5) is 22.5. The number of hydrogen-bond acceptors (Lipinski definition) is 5. The minimum Gasteiger partial charge on any atom is -0.255 e. The van der Waals surface area contributed by atoms with Gasteiger partial charge >= 0.3 is 0 Å². The predicted octanol–water partition coefficient (Wildman–Crippen LogP) is 10.8. The SMILES string of the molecule is c1ccc(-c2nc(-c3ccccc3)nc(-c3cccnc3-c3ccc4c(c3)Sc3ccccc3C43c4ccccc4-c4ccccc43)n2)cc1. The highest BCUT2D eigenvalue weighted by atomic mass is 32.2. The van der Waals surface area contributed by atoms with Gasteiger partial charge in [-0.15, -0.1) is 0 Å². The first kappa shape index (κ1) is 28.8. The Bertz CT molecular complexity index is 2480. The van der Waals surface area contributed by atoms with Crippen LogP contribution in [-0.2, 0) is 5.41 Å². The van der Waals surface area contributed by atoms with E-state index in [4.69, 9.17) is 19.9 Å². The minimum absolute atomic E-state index is 0.417. The third-order valence-electron chi connectivity index (χ3n) is 9.87. The van der Waals surface area contributed by atoms with Crippen LogP contribution >= 0.6 is 11.8 Å². The van der Waals surface area contributed by atoms with E-state index in [9.17, 15) is 0 Å². The van der Waals surface area contributed by atoms with E-state index in [0.29, 0.717) is 17.5 Å². The summed E-state index contributed by atoms with van der Waals surface area (Å²) in [6, 6.07) is 57.7. The monoisotopic (exact) mass is 656 g/mol. The second-order valence-electron chi connectivity index (χ2n) is 12.6. The summed E-state index contributed by atoms with van der Waals surface area (Å²) in [5.74, 6) is 1.84. The summed E-state index contributed by atoms with van der Waals surface area (Å²) in [5, 5.41) is 0. The summed E-state index contributed by atoms with van der Waals surface area (Å²) < 4.78 is 0. The first-order valence-corrected chi connectivity index (χ1v) is 17.5. The molecule has 0 radical (unpaired) electrons. The molecule has 0 N–H and O–H groups in total. The fourth-order valence-electron chi connectivity index (χ4n) is 7.75. The molecule has 50 heavy (non-hydrogen) atoms. The molecule has 5 heteroatoms. The van der Waals surface area contributed by atoms with E-state index in [2.05, 4.69) is 97.1 Å². The van der Waals surface area contributed by atoms with Gasteiger partial charge in [0.15, 0.2) is 17.5 Å². The van der Waals surface area contributed by atoms with Gasteiger partial charge in [-0.25, -0.2) is 15.0 Å². The topological polar surface area (TPSA) is 51.6 Å². The molecule has 8 aromatic rings. The third kappa shape index (κ3) is 4.34. The van der Waals surface area contributed by atoms with Gasteiger partial charge in [0.25, 0.3) is 0 Å². The number of fused-ring (bicyclic) bond motifs is 9. The molecule has 1 aliphatic heterocycles. The number of nitrogens with zero attached hydrogens (tertiary/aromatic N) is 4. The quantitative estimate of drug-likeness (QED) is 0.189. The first-order chi connectivity index (χ1) is 24.8. The van der Waals surface area contributed by atoms with Crippen molar-refractivity contribution in [2.45, 2.75) is 15.2 Å². The lowest BCUT2D eigenvalue weighted by molar-refractivity contribution is 0.722. The molecular weight excluding hydrogens is 629 g/mol. The van der Waals surface area contributed by atoms with Gasteiger partial charge in [-0.2, -0.15) is 0 Å². The molecule has 10 rings (SSSR count). The van der Waals surface area contributed by atoms with Crippen LogP contribution in [0.1, 0.15) is 22.3 Å². The van der Waals surface area contributed by atoms with Crippen molar-refractivity contribution in [1.29, 1.82) is 0 Å². The summed E-state index contributed by atoms with van der Waals surface area (Å²) in [7, 11) is 0. The summed E-state index contributed by atoms with van der Waals surface area (Å²) >= 11 is 1.83. The molecule has 3 heterocycles. The van der Waals surface area contributed by atoms with Gasteiger partial charge in [-0.05, 0) is 57.6 Å². The summed E-state index contributed by atoms with van der Waals surface area (Å²) in [5.41, 5.74) is 12.0. The molecule has 2 aliphatic rings. The fourth-order valence-corrected chi connectivity index (χ4v) is 8.98. The van der Waals surface area contributed by atoms with Crippen LogP contribution in [0.3, 0.4) is 0 Å². The second kappa shape index (κ2) is 11.5. The van der Waals surface area contributed by atoms with Crippen LogP contribution in [0.5, 0.6) is 0 Å². The average Bonchev–Trinajstić information content (AvgIpc) is 3.49. The molecule has 0 saturated heterocycles. The molecule has 4 nitrogen and oxygen atoms in total. The van der Waals surface area contributed by atoms with Crippen molar-refractivity contribution >= 4 is 11.8 Å². The molecule has 0 atom stereocenters. The summed E-state index contributed by atoms with van der Waals surface area (Å²) in [6.45, 7) is 0. The lowest BCUT2D eigenvalue weighted by atomic mass is 9.67. The minimum atomic E-state index is -0.417. The van der Waals surface area contributed by atoms with Crippen LogP contribution in [0.15, 0.2) is 180 Å². The van der Waals surface area contributed by atoms with Gasteiger partial charge < -0.3 is 0 Å².